The van der Waals surface area contributed by atoms with Crippen molar-refractivity contribution in [3.05, 3.63) is 57.4 Å². The summed E-state index contributed by atoms with van der Waals surface area (Å²) in [6.45, 7) is 12.6. The van der Waals surface area contributed by atoms with E-state index in [9.17, 15) is 8.78 Å². The molecule has 0 aromatic heterocycles. The van der Waals surface area contributed by atoms with Crippen LogP contribution in [0.4, 0.5) is 30.7 Å². The van der Waals surface area contributed by atoms with Crippen molar-refractivity contribution < 1.29 is 30.7 Å². The van der Waals surface area contributed by atoms with Gasteiger partial charge in [-0.15, -0.1) is 0 Å². The molecule has 7 heteroatoms. The van der Waals surface area contributed by atoms with Crippen molar-refractivity contribution in [3.8, 4) is 11.1 Å². The second-order valence-electron chi connectivity index (χ2n) is 10.8. The van der Waals surface area contributed by atoms with Gasteiger partial charge in [-0.05, 0) is 16.2 Å². The van der Waals surface area contributed by atoms with Crippen LogP contribution in [0, 0.1) is 40.7 Å². The zero-order valence-electron chi connectivity index (χ0n) is 19.1. The summed E-state index contributed by atoms with van der Waals surface area (Å²) >= 11 is 0. The zero-order valence-corrected chi connectivity index (χ0v) is 19.1. The molecule has 0 aliphatic carbocycles. The van der Waals surface area contributed by atoms with Crippen LogP contribution in [0.3, 0.4) is 0 Å². The van der Waals surface area contributed by atoms with Crippen molar-refractivity contribution in [2.24, 2.45) is 0 Å². The molecule has 2 aromatic rings. The lowest BCUT2D eigenvalue weighted by atomic mass is 9.76. The van der Waals surface area contributed by atoms with E-state index in [1.807, 2.05) is 0 Å². The molecular formula is C24H27F7. The molecule has 0 heterocycles. The summed E-state index contributed by atoms with van der Waals surface area (Å²) in [5.41, 5.74) is -8.83. The topological polar surface area (TPSA) is 0 Å². The van der Waals surface area contributed by atoms with Crippen LogP contribution < -0.4 is 0 Å². The third-order valence-corrected chi connectivity index (χ3v) is 5.08. The minimum Gasteiger partial charge on any atom is -0.206 e. The first-order chi connectivity index (χ1) is 13.7. The summed E-state index contributed by atoms with van der Waals surface area (Å²) in [6, 6.07) is 0. The first-order valence-corrected chi connectivity index (χ1v) is 9.82. The summed E-state index contributed by atoms with van der Waals surface area (Å²) in [5, 5.41) is 0. The normalized spacial score (nSPS) is 13.2. The van der Waals surface area contributed by atoms with Crippen LogP contribution >= 0.6 is 0 Å². The van der Waals surface area contributed by atoms with Crippen molar-refractivity contribution >= 4 is 0 Å². The maximum atomic E-state index is 15.4. The molecule has 0 atom stereocenters. The third kappa shape index (κ3) is 4.08. The highest BCUT2D eigenvalue weighted by Crippen LogP contribution is 2.45. The van der Waals surface area contributed by atoms with Crippen LogP contribution in [-0.2, 0) is 16.2 Å². The fraction of sp³-hybridized carbons (Fsp3) is 0.500. The number of halogens is 7. The van der Waals surface area contributed by atoms with Crippen molar-refractivity contribution in [2.75, 3.05) is 0 Å². The molecule has 0 saturated carbocycles. The minimum atomic E-state index is -1.94. The van der Waals surface area contributed by atoms with Crippen molar-refractivity contribution in [2.45, 2.75) is 78.6 Å². The molecule has 0 spiro atoms. The van der Waals surface area contributed by atoms with Crippen molar-refractivity contribution in [3.63, 3.8) is 0 Å². The zero-order chi connectivity index (χ0) is 24.4. The molecule has 31 heavy (non-hydrogen) atoms. The van der Waals surface area contributed by atoms with E-state index in [2.05, 4.69) is 0 Å². The Kier molecular flexibility index (Phi) is 6.12. The minimum absolute atomic E-state index is 0.631. The molecule has 0 aliphatic heterocycles. The molecule has 172 valence electrons. The Hall–Kier alpha value is -2.05. The molecule has 0 unspecified atom stereocenters. The summed E-state index contributed by atoms with van der Waals surface area (Å²) in [4.78, 5) is 0. The molecule has 0 saturated heterocycles. The first kappa shape index (κ1) is 25.2. The Labute approximate surface area is 178 Å². The molecule has 0 fully saturated rings. The second kappa shape index (κ2) is 7.52. The predicted octanol–water partition coefficient (Wildman–Crippen LogP) is 8.22. The van der Waals surface area contributed by atoms with Gasteiger partial charge in [-0.1, -0.05) is 62.3 Å². The maximum Gasteiger partial charge on any atom is 0.170 e. The highest BCUT2D eigenvalue weighted by molar-refractivity contribution is 5.70. The third-order valence-electron chi connectivity index (χ3n) is 5.08. The quantitative estimate of drug-likeness (QED) is 0.305. The smallest absolute Gasteiger partial charge is 0.170 e. The van der Waals surface area contributed by atoms with E-state index >= 15 is 22.0 Å². The van der Waals surface area contributed by atoms with Crippen LogP contribution in [0.5, 0.6) is 0 Å². The number of benzene rings is 2. The highest BCUT2D eigenvalue weighted by atomic mass is 19.2. The van der Waals surface area contributed by atoms with Gasteiger partial charge in [0.15, 0.2) is 23.3 Å². The van der Waals surface area contributed by atoms with Crippen LogP contribution in [0.1, 0.15) is 79.0 Å². The van der Waals surface area contributed by atoms with Gasteiger partial charge < -0.3 is 0 Å². The molecular weight excluding hydrogens is 421 g/mol. The van der Waals surface area contributed by atoms with E-state index in [-0.39, 0.29) is 0 Å². The molecule has 0 N–H and O–H groups in total. The Morgan fingerprint density at radius 3 is 0.806 bits per heavy atom. The fourth-order valence-corrected chi connectivity index (χ4v) is 3.71. The summed E-state index contributed by atoms with van der Waals surface area (Å²) < 4.78 is 106. The van der Waals surface area contributed by atoms with Gasteiger partial charge in [0.2, 0.25) is 0 Å². The number of hydrogen-bond donors (Lipinski definition) is 0. The Balaban J connectivity index is 3.21. The van der Waals surface area contributed by atoms with Gasteiger partial charge in [0.1, 0.15) is 17.5 Å². The Morgan fingerprint density at radius 1 is 0.323 bits per heavy atom. The maximum absolute atomic E-state index is 15.4. The van der Waals surface area contributed by atoms with Crippen LogP contribution in [0.15, 0.2) is 0 Å². The van der Waals surface area contributed by atoms with Crippen LogP contribution in [-0.4, -0.2) is 0 Å². The average Bonchev–Trinajstić information content (AvgIpc) is 2.52. The molecule has 0 aliphatic rings. The van der Waals surface area contributed by atoms with Gasteiger partial charge in [0, 0.05) is 16.7 Å². The molecule has 2 aromatic carbocycles. The summed E-state index contributed by atoms with van der Waals surface area (Å²) in [5.74, 6) is -11.8. The monoisotopic (exact) mass is 448 g/mol. The summed E-state index contributed by atoms with van der Waals surface area (Å²) in [6.07, 6.45) is 0. The highest BCUT2D eigenvalue weighted by Gasteiger charge is 2.40. The van der Waals surface area contributed by atoms with Gasteiger partial charge in [0.25, 0.3) is 0 Å². The predicted molar refractivity (Wildman–Crippen MR) is 108 cm³/mol. The van der Waals surface area contributed by atoms with Gasteiger partial charge in [-0.25, -0.2) is 30.7 Å². The van der Waals surface area contributed by atoms with Gasteiger partial charge in [0.05, 0.1) is 11.1 Å². The number of hydrogen-bond acceptors (Lipinski definition) is 0. The number of rotatable bonds is 1. The standard InChI is InChI=1S/C24H27F7/c1-22(2,3)12-15(25)10(16(26)13(19(12)29)23(4,5)6)11-17(27)20(30)14(24(7,8)9)21(31)18(11)28/h1-9H3. The van der Waals surface area contributed by atoms with Gasteiger partial charge >= 0.3 is 0 Å². The average molecular weight is 448 g/mol. The first-order valence-electron chi connectivity index (χ1n) is 9.82. The van der Waals surface area contributed by atoms with Crippen LogP contribution in [0.2, 0.25) is 0 Å². The van der Waals surface area contributed by atoms with E-state index in [1.165, 1.54) is 62.3 Å². The van der Waals surface area contributed by atoms with E-state index in [0.29, 0.717) is 0 Å². The molecule has 2 rings (SSSR count). The van der Waals surface area contributed by atoms with Gasteiger partial charge in [-0.3, -0.25) is 0 Å². The summed E-state index contributed by atoms with van der Waals surface area (Å²) in [7, 11) is 0. The Morgan fingerprint density at radius 2 is 0.548 bits per heavy atom. The van der Waals surface area contributed by atoms with Crippen molar-refractivity contribution in [1.82, 2.24) is 0 Å². The second-order valence-corrected chi connectivity index (χ2v) is 10.8. The van der Waals surface area contributed by atoms with Crippen molar-refractivity contribution in [1.29, 1.82) is 0 Å². The molecule has 0 nitrogen and oxygen atoms in total. The molecule has 0 radical (unpaired) electrons. The van der Waals surface area contributed by atoms with Crippen LogP contribution in [0.25, 0.3) is 11.1 Å². The van der Waals surface area contributed by atoms with Gasteiger partial charge in [-0.2, -0.15) is 0 Å². The van der Waals surface area contributed by atoms with E-state index in [0.717, 1.165) is 0 Å². The van der Waals surface area contributed by atoms with E-state index in [1.54, 1.807) is 0 Å². The fourth-order valence-electron chi connectivity index (χ4n) is 3.71. The lowest BCUT2D eigenvalue weighted by Gasteiger charge is -2.29. The Bertz CT molecular complexity index is 976. The SMILES string of the molecule is CC(C)(C)c1c(F)c(F)c(-c2c(F)c(C(C)(C)C)c(F)c(C(C)(C)C)c2F)c(F)c1F. The van der Waals surface area contributed by atoms with E-state index in [4.69, 9.17) is 0 Å². The lowest BCUT2D eigenvalue weighted by molar-refractivity contribution is 0.402. The lowest BCUT2D eigenvalue weighted by Crippen LogP contribution is -2.26. The largest absolute Gasteiger partial charge is 0.206 e. The molecule has 0 amide bonds. The molecule has 0 bridgehead atoms. The van der Waals surface area contributed by atoms with E-state index < -0.39 is 84.8 Å².